The number of nitrogens with one attached hydrogen (secondary N) is 1. The molecule has 0 atom stereocenters. The summed E-state index contributed by atoms with van der Waals surface area (Å²) in [6.07, 6.45) is 8.42. The highest BCUT2D eigenvalue weighted by atomic mass is 16.5. The summed E-state index contributed by atoms with van der Waals surface area (Å²) in [5.41, 5.74) is 5.68. The molecule has 4 heteroatoms. The summed E-state index contributed by atoms with van der Waals surface area (Å²) >= 11 is 0. The van der Waals surface area contributed by atoms with Gasteiger partial charge in [0, 0.05) is 35.1 Å². The third-order valence-corrected chi connectivity index (χ3v) is 4.06. The zero-order valence-corrected chi connectivity index (χ0v) is 14.3. The number of aromatic nitrogens is 2. The number of hydrogen-bond acceptors (Lipinski definition) is 4. The molecule has 4 nitrogen and oxygen atoms in total. The van der Waals surface area contributed by atoms with Gasteiger partial charge < -0.3 is 10.1 Å². The Bertz CT molecular complexity index is 990. The normalized spacial score (nSPS) is 11.4. The minimum atomic E-state index is 0.631. The number of rotatable bonds is 5. The second-order valence-electron chi connectivity index (χ2n) is 5.64. The monoisotopic (exact) mass is 329 g/mol. The second-order valence-corrected chi connectivity index (χ2v) is 5.64. The van der Waals surface area contributed by atoms with Gasteiger partial charge in [-0.2, -0.15) is 0 Å². The molecular formula is C21H19N3O. The molecule has 0 amide bonds. The van der Waals surface area contributed by atoms with Crippen LogP contribution in [-0.4, -0.2) is 23.3 Å². The van der Waals surface area contributed by atoms with Crippen molar-refractivity contribution in [3.8, 4) is 17.0 Å². The summed E-state index contributed by atoms with van der Waals surface area (Å²) < 4.78 is 5.24. The number of fused-ring (bicyclic) bond motifs is 1. The minimum Gasteiger partial charge on any atom is -0.481 e. The van der Waals surface area contributed by atoms with E-state index in [-0.39, 0.29) is 0 Å². The first-order chi connectivity index (χ1) is 12.2. The lowest BCUT2D eigenvalue weighted by atomic mass is 9.97. The van der Waals surface area contributed by atoms with Crippen LogP contribution in [0, 0.1) is 12.3 Å². The van der Waals surface area contributed by atoms with Crippen molar-refractivity contribution in [2.24, 2.45) is 0 Å². The Morgan fingerprint density at radius 3 is 2.68 bits per heavy atom. The van der Waals surface area contributed by atoms with Crippen LogP contribution in [0.15, 0.2) is 61.5 Å². The lowest BCUT2D eigenvalue weighted by Crippen LogP contribution is -1.93. The third-order valence-electron chi connectivity index (χ3n) is 4.06. The molecule has 0 aliphatic heterocycles. The van der Waals surface area contributed by atoms with Crippen molar-refractivity contribution in [2.75, 3.05) is 7.11 Å². The fourth-order valence-electron chi connectivity index (χ4n) is 2.85. The largest absolute Gasteiger partial charge is 0.481 e. The maximum Gasteiger partial charge on any atom is 0.215 e. The van der Waals surface area contributed by atoms with Crippen LogP contribution in [0.1, 0.15) is 11.1 Å². The van der Waals surface area contributed by atoms with Crippen molar-refractivity contribution in [2.45, 2.75) is 6.92 Å². The number of allylic oxidation sites excluding steroid dienone is 3. The van der Waals surface area contributed by atoms with Crippen molar-refractivity contribution in [1.82, 2.24) is 9.97 Å². The molecule has 25 heavy (non-hydrogen) atoms. The van der Waals surface area contributed by atoms with Gasteiger partial charge in [-0.05, 0) is 47.9 Å². The molecule has 0 saturated carbocycles. The van der Waals surface area contributed by atoms with Crippen LogP contribution in [0.4, 0.5) is 0 Å². The highest BCUT2D eigenvalue weighted by molar-refractivity contribution is 6.14. The molecule has 1 aromatic carbocycles. The molecule has 0 radical (unpaired) electrons. The fraction of sp³-hybridized carbons (Fsp3) is 0.0952. The number of hydrogen-bond donors (Lipinski definition) is 1. The molecule has 0 bridgehead atoms. The lowest BCUT2D eigenvalue weighted by molar-refractivity contribution is 0.394. The van der Waals surface area contributed by atoms with Crippen LogP contribution in [0.25, 0.3) is 27.6 Å². The van der Waals surface area contributed by atoms with E-state index in [1.54, 1.807) is 25.6 Å². The molecule has 2 aromatic heterocycles. The summed E-state index contributed by atoms with van der Waals surface area (Å²) in [5, 5.41) is 8.67. The van der Waals surface area contributed by atoms with Gasteiger partial charge in [0.25, 0.3) is 0 Å². The highest BCUT2D eigenvalue weighted by Gasteiger charge is 2.09. The van der Waals surface area contributed by atoms with Crippen LogP contribution < -0.4 is 4.74 Å². The van der Waals surface area contributed by atoms with E-state index < -0.39 is 0 Å². The minimum absolute atomic E-state index is 0.631. The molecule has 0 unspecified atom stereocenters. The number of pyridine rings is 2. The first-order valence-electron chi connectivity index (χ1n) is 7.91. The van der Waals surface area contributed by atoms with Gasteiger partial charge in [0.1, 0.15) is 0 Å². The first-order valence-corrected chi connectivity index (χ1v) is 7.91. The summed E-state index contributed by atoms with van der Waals surface area (Å²) in [6, 6.07) is 10.1. The summed E-state index contributed by atoms with van der Waals surface area (Å²) in [4.78, 5) is 8.79. The summed E-state index contributed by atoms with van der Waals surface area (Å²) in [6.45, 7) is 5.71. The van der Waals surface area contributed by atoms with E-state index in [1.807, 2.05) is 31.2 Å². The van der Waals surface area contributed by atoms with Gasteiger partial charge in [-0.25, -0.2) is 4.98 Å². The number of aryl methyl sites for hydroxylation is 1. The lowest BCUT2D eigenvalue weighted by Gasteiger charge is -2.10. The quantitative estimate of drug-likeness (QED) is 0.538. The number of methoxy groups -OCH3 is 1. The van der Waals surface area contributed by atoms with E-state index in [0.717, 1.165) is 38.7 Å². The molecule has 0 spiro atoms. The molecule has 0 aliphatic rings. The number of ether oxygens (including phenoxy) is 1. The van der Waals surface area contributed by atoms with Crippen molar-refractivity contribution < 1.29 is 4.74 Å². The Balaban J connectivity index is 2.19. The molecular weight excluding hydrogens is 310 g/mol. The van der Waals surface area contributed by atoms with Crippen molar-refractivity contribution >= 4 is 22.7 Å². The smallest absolute Gasteiger partial charge is 0.215 e. The maximum absolute atomic E-state index is 7.68. The van der Waals surface area contributed by atoms with E-state index in [2.05, 4.69) is 28.7 Å². The van der Waals surface area contributed by atoms with Crippen molar-refractivity contribution in [1.29, 1.82) is 5.41 Å². The van der Waals surface area contributed by atoms with Crippen molar-refractivity contribution in [3.63, 3.8) is 0 Å². The molecule has 0 fully saturated rings. The van der Waals surface area contributed by atoms with Gasteiger partial charge in [-0.3, -0.25) is 4.98 Å². The first kappa shape index (κ1) is 16.6. The van der Waals surface area contributed by atoms with Gasteiger partial charge in [-0.15, -0.1) is 0 Å². The molecule has 2 heterocycles. The molecule has 124 valence electrons. The van der Waals surface area contributed by atoms with Gasteiger partial charge >= 0.3 is 0 Å². The number of benzene rings is 1. The van der Waals surface area contributed by atoms with Crippen LogP contribution in [-0.2, 0) is 0 Å². The standard InChI is InChI=1S/C21H19N3O/c1-4-5-16(12-22)18-8-9-23-20-7-6-15(11-19(18)20)17-10-14(2)21(25-3)24-13-17/h4-13,22H,1H2,2-3H3/b16-5+,22-12?. The molecule has 0 aliphatic carbocycles. The number of nitrogens with zero attached hydrogens (tertiary/aromatic N) is 2. The van der Waals surface area contributed by atoms with Gasteiger partial charge in [0.15, 0.2) is 0 Å². The summed E-state index contributed by atoms with van der Waals surface area (Å²) in [7, 11) is 1.62. The molecule has 3 aromatic rings. The average molecular weight is 329 g/mol. The van der Waals surface area contributed by atoms with Crippen molar-refractivity contribution in [3.05, 3.63) is 72.6 Å². The molecule has 3 rings (SSSR count). The topological polar surface area (TPSA) is 58.9 Å². The zero-order chi connectivity index (χ0) is 17.8. The predicted octanol–water partition coefficient (Wildman–Crippen LogP) is 4.83. The van der Waals surface area contributed by atoms with Gasteiger partial charge in [-0.1, -0.05) is 24.8 Å². The zero-order valence-electron chi connectivity index (χ0n) is 14.3. The van der Waals surface area contributed by atoms with Crippen LogP contribution in [0.2, 0.25) is 0 Å². The fourth-order valence-corrected chi connectivity index (χ4v) is 2.85. The predicted molar refractivity (Wildman–Crippen MR) is 103 cm³/mol. The van der Waals surface area contributed by atoms with E-state index in [1.165, 1.54) is 6.21 Å². The molecule has 0 saturated heterocycles. The Hall–Kier alpha value is -3.27. The second kappa shape index (κ2) is 7.09. The molecule has 1 N–H and O–H groups in total. The Morgan fingerprint density at radius 2 is 2.00 bits per heavy atom. The van der Waals surface area contributed by atoms with Gasteiger partial charge in [0.2, 0.25) is 5.88 Å². The SMILES string of the molecule is C=C/C=C(\C=N)c1ccnc2ccc(-c3cnc(OC)c(C)c3)cc12. The van der Waals surface area contributed by atoms with Crippen LogP contribution in [0.5, 0.6) is 5.88 Å². The maximum atomic E-state index is 7.68. The van der Waals surface area contributed by atoms with Crippen LogP contribution in [0.3, 0.4) is 0 Å². The van der Waals surface area contributed by atoms with Gasteiger partial charge in [0.05, 0.1) is 12.6 Å². The highest BCUT2D eigenvalue weighted by Crippen LogP contribution is 2.29. The van der Waals surface area contributed by atoms with E-state index in [9.17, 15) is 0 Å². The Kier molecular flexibility index (Phi) is 4.70. The van der Waals surface area contributed by atoms with Crippen LogP contribution >= 0.6 is 0 Å². The van der Waals surface area contributed by atoms with E-state index in [0.29, 0.717) is 5.88 Å². The average Bonchev–Trinajstić information content (AvgIpc) is 2.65. The Labute approximate surface area is 147 Å². The van der Waals surface area contributed by atoms with E-state index >= 15 is 0 Å². The summed E-state index contributed by atoms with van der Waals surface area (Å²) in [5.74, 6) is 0.631. The Morgan fingerprint density at radius 1 is 1.16 bits per heavy atom. The third kappa shape index (κ3) is 3.19. The van der Waals surface area contributed by atoms with E-state index in [4.69, 9.17) is 10.1 Å².